The molecule has 2 heterocycles. The number of hydrogen-bond donors (Lipinski definition) is 2. The summed E-state index contributed by atoms with van der Waals surface area (Å²) in [6.45, 7) is 7.79. The zero-order chi connectivity index (χ0) is 22.6. The second-order valence-corrected chi connectivity index (χ2v) is 9.11. The molecule has 0 fully saturated rings. The maximum absolute atomic E-state index is 12.6. The zero-order valence-corrected chi connectivity index (χ0v) is 19.7. The number of rotatable bonds is 9. The zero-order valence-electron chi connectivity index (χ0n) is 18.1. The average molecular weight is 490 g/mol. The van der Waals surface area contributed by atoms with Crippen molar-refractivity contribution in [1.82, 2.24) is 19.9 Å². The SMILES string of the molecule is CC(C)Oc1cc(Br)cn2c([C@@H](COCc3ccccc3)NC(=O)C(C)(C)N)nnc12. The maximum atomic E-state index is 12.6. The van der Waals surface area contributed by atoms with Crippen LogP contribution in [0.15, 0.2) is 47.1 Å². The topological polar surface area (TPSA) is 104 Å². The van der Waals surface area contributed by atoms with Gasteiger partial charge in [-0.3, -0.25) is 9.20 Å². The molecule has 9 heteroatoms. The van der Waals surface area contributed by atoms with Crippen LogP contribution in [0.3, 0.4) is 0 Å². The van der Waals surface area contributed by atoms with Crippen LogP contribution in [0, 0.1) is 0 Å². The molecule has 8 nitrogen and oxygen atoms in total. The van der Waals surface area contributed by atoms with E-state index in [1.807, 2.05) is 56.4 Å². The Labute approximate surface area is 190 Å². The average Bonchev–Trinajstić information content (AvgIpc) is 3.10. The number of amides is 1. The highest BCUT2D eigenvalue weighted by Crippen LogP contribution is 2.27. The molecule has 0 aliphatic heterocycles. The van der Waals surface area contributed by atoms with Gasteiger partial charge in [-0.2, -0.15) is 0 Å². The first-order valence-corrected chi connectivity index (χ1v) is 10.9. The van der Waals surface area contributed by atoms with Crippen LogP contribution in [0.2, 0.25) is 0 Å². The van der Waals surface area contributed by atoms with Gasteiger partial charge in [-0.25, -0.2) is 0 Å². The van der Waals surface area contributed by atoms with E-state index in [0.717, 1.165) is 10.0 Å². The van der Waals surface area contributed by atoms with E-state index < -0.39 is 11.6 Å². The number of nitrogens with two attached hydrogens (primary N) is 1. The van der Waals surface area contributed by atoms with Crippen LogP contribution in [0.5, 0.6) is 5.75 Å². The van der Waals surface area contributed by atoms with Gasteiger partial charge in [0.1, 0.15) is 6.04 Å². The summed E-state index contributed by atoms with van der Waals surface area (Å²) >= 11 is 3.51. The number of ether oxygens (including phenoxy) is 2. The predicted molar refractivity (Wildman–Crippen MR) is 122 cm³/mol. The molecule has 0 saturated heterocycles. The Morgan fingerprint density at radius 3 is 2.61 bits per heavy atom. The Bertz CT molecular complexity index is 1030. The minimum absolute atomic E-state index is 0.0269. The molecule has 3 rings (SSSR count). The summed E-state index contributed by atoms with van der Waals surface area (Å²) in [6, 6.07) is 11.1. The lowest BCUT2D eigenvalue weighted by molar-refractivity contribution is -0.126. The van der Waals surface area contributed by atoms with Crippen LogP contribution in [-0.2, 0) is 16.1 Å². The van der Waals surface area contributed by atoms with Gasteiger partial charge >= 0.3 is 0 Å². The Kier molecular flexibility index (Phi) is 7.30. The van der Waals surface area contributed by atoms with Gasteiger partial charge in [0.05, 0.1) is 24.9 Å². The summed E-state index contributed by atoms with van der Waals surface area (Å²) in [5, 5.41) is 11.6. The minimum Gasteiger partial charge on any atom is -0.487 e. The molecule has 1 atom stereocenters. The molecular formula is C22H28BrN5O3. The molecule has 3 N–H and O–H groups in total. The summed E-state index contributed by atoms with van der Waals surface area (Å²) < 4.78 is 14.4. The van der Waals surface area contributed by atoms with Crippen LogP contribution in [0.25, 0.3) is 5.65 Å². The van der Waals surface area contributed by atoms with Gasteiger partial charge < -0.3 is 20.5 Å². The van der Waals surface area contributed by atoms with Crippen molar-refractivity contribution in [1.29, 1.82) is 0 Å². The van der Waals surface area contributed by atoms with Gasteiger partial charge in [0, 0.05) is 10.7 Å². The van der Waals surface area contributed by atoms with E-state index in [9.17, 15) is 4.79 Å². The Morgan fingerprint density at radius 2 is 1.97 bits per heavy atom. The van der Waals surface area contributed by atoms with E-state index in [0.29, 0.717) is 23.8 Å². The van der Waals surface area contributed by atoms with Crippen LogP contribution in [0.1, 0.15) is 45.1 Å². The van der Waals surface area contributed by atoms with Crippen molar-refractivity contribution in [2.45, 2.75) is 52.0 Å². The van der Waals surface area contributed by atoms with E-state index in [1.165, 1.54) is 0 Å². The van der Waals surface area contributed by atoms with Crippen molar-refractivity contribution in [2.75, 3.05) is 6.61 Å². The summed E-state index contributed by atoms with van der Waals surface area (Å²) in [6.07, 6.45) is 1.81. The molecule has 3 aromatic rings. The third-order valence-electron chi connectivity index (χ3n) is 4.42. The first kappa shape index (κ1) is 23.2. The highest BCUT2D eigenvalue weighted by Gasteiger charge is 2.28. The molecule has 1 aromatic carbocycles. The quantitative estimate of drug-likeness (QED) is 0.477. The number of aromatic nitrogens is 3. The first-order chi connectivity index (χ1) is 14.6. The maximum Gasteiger partial charge on any atom is 0.240 e. The fourth-order valence-corrected chi connectivity index (χ4v) is 3.33. The second kappa shape index (κ2) is 9.76. The molecule has 0 radical (unpaired) electrons. The number of nitrogens with zero attached hydrogens (tertiary/aromatic N) is 3. The summed E-state index contributed by atoms with van der Waals surface area (Å²) in [5.41, 5.74) is 6.53. The number of benzene rings is 1. The third-order valence-corrected chi connectivity index (χ3v) is 4.86. The Morgan fingerprint density at radius 1 is 1.26 bits per heavy atom. The van der Waals surface area contributed by atoms with Gasteiger partial charge in [-0.1, -0.05) is 30.3 Å². The van der Waals surface area contributed by atoms with E-state index in [4.69, 9.17) is 15.2 Å². The van der Waals surface area contributed by atoms with Crippen molar-refractivity contribution in [2.24, 2.45) is 5.73 Å². The molecule has 0 spiro atoms. The molecule has 0 saturated carbocycles. The smallest absolute Gasteiger partial charge is 0.240 e. The Balaban J connectivity index is 1.91. The summed E-state index contributed by atoms with van der Waals surface area (Å²) in [5.74, 6) is 0.805. The van der Waals surface area contributed by atoms with Gasteiger partial charge in [-0.15, -0.1) is 10.2 Å². The molecule has 0 aliphatic rings. The van der Waals surface area contributed by atoms with Crippen molar-refractivity contribution in [3.05, 3.63) is 58.5 Å². The van der Waals surface area contributed by atoms with E-state index in [-0.39, 0.29) is 18.6 Å². The minimum atomic E-state index is -1.05. The van der Waals surface area contributed by atoms with Crippen molar-refractivity contribution >= 4 is 27.5 Å². The monoisotopic (exact) mass is 489 g/mol. The normalized spacial score (nSPS) is 12.9. The fraction of sp³-hybridized carbons (Fsp3) is 0.409. The fourth-order valence-electron chi connectivity index (χ4n) is 2.92. The highest BCUT2D eigenvalue weighted by molar-refractivity contribution is 9.10. The number of carbonyl (C=O) groups is 1. The lowest BCUT2D eigenvalue weighted by atomic mass is 10.1. The number of fused-ring (bicyclic) bond motifs is 1. The largest absolute Gasteiger partial charge is 0.487 e. The third kappa shape index (κ3) is 6.03. The van der Waals surface area contributed by atoms with Crippen molar-refractivity contribution in [3.63, 3.8) is 0 Å². The van der Waals surface area contributed by atoms with E-state index >= 15 is 0 Å². The standard InChI is InChI=1S/C22H28BrN5O3/c1-14(2)31-18-10-16(23)11-28-19(26-27-20(18)28)17(25-21(29)22(3,4)24)13-30-12-15-8-6-5-7-9-15/h5-11,14,17H,12-13,24H2,1-4H3,(H,25,29)/t17-/m1/s1. The summed E-state index contributed by atoms with van der Waals surface area (Å²) in [7, 11) is 0. The number of carbonyl (C=O) groups excluding carboxylic acids is 1. The summed E-state index contributed by atoms with van der Waals surface area (Å²) in [4.78, 5) is 12.6. The molecule has 0 aliphatic carbocycles. The van der Waals surface area contributed by atoms with Gasteiger partial charge in [0.25, 0.3) is 0 Å². The lowest BCUT2D eigenvalue weighted by Crippen LogP contribution is -2.50. The molecule has 166 valence electrons. The second-order valence-electron chi connectivity index (χ2n) is 8.19. The van der Waals surface area contributed by atoms with Gasteiger partial charge in [0.15, 0.2) is 11.6 Å². The molecule has 0 bridgehead atoms. The molecule has 0 unspecified atom stereocenters. The van der Waals surface area contributed by atoms with Crippen molar-refractivity contribution < 1.29 is 14.3 Å². The van der Waals surface area contributed by atoms with E-state index in [1.54, 1.807) is 18.2 Å². The number of nitrogens with one attached hydrogen (secondary N) is 1. The molecule has 2 aromatic heterocycles. The number of halogens is 1. The molecule has 31 heavy (non-hydrogen) atoms. The van der Waals surface area contributed by atoms with Gasteiger partial charge in [0.2, 0.25) is 11.6 Å². The van der Waals surface area contributed by atoms with Crippen molar-refractivity contribution in [3.8, 4) is 5.75 Å². The van der Waals surface area contributed by atoms with Crippen LogP contribution in [0.4, 0.5) is 0 Å². The van der Waals surface area contributed by atoms with Crippen LogP contribution < -0.4 is 15.8 Å². The van der Waals surface area contributed by atoms with Crippen LogP contribution >= 0.6 is 15.9 Å². The lowest BCUT2D eigenvalue weighted by Gasteiger charge is -2.23. The van der Waals surface area contributed by atoms with E-state index in [2.05, 4.69) is 31.4 Å². The van der Waals surface area contributed by atoms with Crippen LogP contribution in [-0.4, -0.2) is 38.8 Å². The predicted octanol–water partition coefficient (Wildman–Crippen LogP) is 3.39. The molecular weight excluding hydrogens is 462 g/mol. The number of pyridine rings is 1. The highest BCUT2D eigenvalue weighted by atomic mass is 79.9. The molecule has 1 amide bonds. The first-order valence-electron chi connectivity index (χ1n) is 10.1. The Hall–Kier alpha value is -2.49. The van der Waals surface area contributed by atoms with Gasteiger partial charge in [-0.05, 0) is 55.3 Å². The number of hydrogen-bond acceptors (Lipinski definition) is 6.